The average Bonchev–Trinajstić information content (AvgIpc) is 2.35. The maximum atomic E-state index is 11.6. The van der Waals surface area contributed by atoms with Crippen LogP contribution in [-0.2, 0) is 10.0 Å². The number of sulfonamides is 1. The van der Waals surface area contributed by atoms with Gasteiger partial charge in [-0.1, -0.05) is 15.9 Å². The molecule has 5 nitrogen and oxygen atoms in total. The number of primary sulfonamides is 1. The smallest absolute Gasteiger partial charge is 0.241 e. The van der Waals surface area contributed by atoms with Gasteiger partial charge in [0.05, 0.1) is 0 Å². The molecule has 0 amide bonds. The molecular weight excluding hydrogens is 344 g/mol. The predicted octanol–water partition coefficient (Wildman–Crippen LogP) is 2.78. The van der Waals surface area contributed by atoms with Crippen molar-refractivity contribution in [3.63, 3.8) is 0 Å². The molecule has 0 aliphatic rings. The fourth-order valence-electron chi connectivity index (χ4n) is 1.64. The van der Waals surface area contributed by atoms with E-state index < -0.39 is 10.0 Å². The van der Waals surface area contributed by atoms with Crippen LogP contribution in [0.3, 0.4) is 0 Å². The molecule has 0 radical (unpaired) electrons. The number of hydrogen-bond acceptors (Lipinski definition) is 4. The Morgan fingerprint density at radius 2 is 1.85 bits per heavy atom. The van der Waals surface area contributed by atoms with Crippen molar-refractivity contribution in [1.29, 1.82) is 0 Å². The van der Waals surface area contributed by atoms with Gasteiger partial charge in [0.15, 0.2) is 0 Å². The summed E-state index contributed by atoms with van der Waals surface area (Å²) in [7, 11) is -3.91. The molecule has 0 aromatic heterocycles. The fraction of sp³-hybridized carbons (Fsp3) is 0.0769. The third-order valence-corrected chi connectivity index (χ3v) is 4.45. The van der Waals surface area contributed by atoms with Gasteiger partial charge in [-0.15, -0.1) is 0 Å². The molecule has 0 atom stereocenters. The minimum atomic E-state index is -3.91. The lowest BCUT2D eigenvalue weighted by atomic mass is 10.2. The van der Waals surface area contributed by atoms with Crippen molar-refractivity contribution < 1.29 is 13.2 Å². The van der Waals surface area contributed by atoms with Crippen molar-refractivity contribution in [2.75, 3.05) is 5.73 Å². The van der Waals surface area contributed by atoms with Crippen LogP contribution in [0.5, 0.6) is 11.5 Å². The molecule has 106 valence electrons. The largest absolute Gasteiger partial charge is 0.456 e. The summed E-state index contributed by atoms with van der Waals surface area (Å²) in [6.07, 6.45) is 0. The number of halogens is 1. The summed E-state index contributed by atoms with van der Waals surface area (Å²) in [4.78, 5) is -0.141. The lowest BCUT2D eigenvalue weighted by Crippen LogP contribution is -2.13. The molecular formula is C13H13BrN2O3S. The highest BCUT2D eigenvalue weighted by molar-refractivity contribution is 9.10. The Balaban J connectivity index is 2.46. The summed E-state index contributed by atoms with van der Waals surface area (Å²) in [6.45, 7) is 1.90. The fourth-order valence-corrected chi connectivity index (χ4v) is 2.58. The monoisotopic (exact) mass is 356 g/mol. The van der Waals surface area contributed by atoms with Crippen molar-refractivity contribution in [1.82, 2.24) is 0 Å². The van der Waals surface area contributed by atoms with E-state index in [9.17, 15) is 8.42 Å². The summed E-state index contributed by atoms with van der Waals surface area (Å²) in [5.41, 5.74) is 6.85. The maximum Gasteiger partial charge on any atom is 0.241 e. The molecule has 0 aliphatic carbocycles. The summed E-state index contributed by atoms with van der Waals surface area (Å²) < 4.78 is 29.6. The quantitative estimate of drug-likeness (QED) is 0.826. The first kappa shape index (κ1) is 14.8. The molecule has 0 saturated carbocycles. The summed E-state index contributed by atoms with van der Waals surface area (Å²) in [5, 5.41) is 5.16. The van der Waals surface area contributed by atoms with Gasteiger partial charge in [-0.25, -0.2) is 13.6 Å². The Bertz CT molecular complexity index is 760. The van der Waals surface area contributed by atoms with Gasteiger partial charge in [-0.3, -0.25) is 0 Å². The molecule has 0 heterocycles. The SMILES string of the molecule is Cc1cc(Oc2ccc(N)cc2S(N)(=O)=O)ccc1Br. The molecule has 0 saturated heterocycles. The predicted molar refractivity (Wildman–Crippen MR) is 81.2 cm³/mol. The highest BCUT2D eigenvalue weighted by atomic mass is 79.9. The van der Waals surface area contributed by atoms with E-state index in [0.717, 1.165) is 10.0 Å². The van der Waals surface area contributed by atoms with E-state index in [0.29, 0.717) is 11.4 Å². The first-order valence-electron chi connectivity index (χ1n) is 5.64. The van der Waals surface area contributed by atoms with E-state index in [1.165, 1.54) is 12.1 Å². The van der Waals surface area contributed by atoms with E-state index in [-0.39, 0.29) is 10.6 Å². The Morgan fingerprint density at radius 3 is 2.45 bits per heavy atom. The molecule has 7 heteroatoms. The van der Waals surface area contributed by atoms with Gasteiger partial charge in [0, 0.05) is 10.2 Å². The third kappa shape index (κ3) is 3.30. The van der Waals surface area contributed by atoms with Crippen LogP contribution in [0, 0.1) is 6.92 Å². The second kappa shape index (κ2) is 5.43. The topological polar surface area (TPSA) is 95.4 Å². The van der Waals surface area contributed by atoms with E-state index in [2.05, 4.69) is 15.9 Å². The molecule has 0 aliphatic heterocycles. The number of hydrogen-bond donors (Lipinski definition) is 2. The summed E-state index contributed by atoms with van der Waals surface area (Å²) >= 11 is 3.38. The van der Waals surface area contributed by atoms with Crippen molar-refractivity contribution in [2.45, 2.75) is 11.8 Å². The lowest BCUT2D eigenvalue weighted by Gasteiger charge is -2.11. The van der Waals surface area contributed by atoms with Crippen molar-refractivity contribution in [3.8, 4) is 11.5 Å². The maximum absolute atomic E-state index is 11.6. The number of benzene rings is 2. The molecule has 20 heavy (non-hydrogen) atoms. The zero-order chi connectivity index (χ0) is 14.9. The first-order chi connectivity index (χ1) is 9.27. The van der Waals surface area contributed by atoms with Gasteiger partial charge < -0.3 is 10.5 Å². The third-order valence-electron chi connectivity index (χ3n) is 2.63. The van der Waals surface area contributed by atoms with Crippen molar-refractivity contribution in [3.05, 3.63) is 46.4 Å². The Morgan fingerprint density at radius 1 is 1.15 bits per heavy atom. The number of ether oxygens (including phenoxy) is 1. The highest BCUT2D eigenvalue weighted by Gasteiger charge is 2.16. The number of anilines is 1. The van der Waals surface area contributed by atoms with E-state index in [4.69, 9.17) is 15.6 Å². The van der Waals surface area contributed by atoms with Crippen molar-refractivity contribution >= 4 is 31.6 Å². The second-order valence-corrected chi connectivity index (χ2v) is 6.65. The van der Waals surface area contributed by atoms with E-state index in [1.807, 2.05) is 13.0 Å². The van der Waals surface area contributed by atoms with Gasteiger partial charge in [0.25, 0.3) is 0 Å². The van der Waals surface area contributed by atoms with E-state index in [1.54, 1.807) is 18.2 Å². The molecule has 0 bridgehead atoms. The zero-order valence-corrected chi connectivity index (χ0v) is 13.0. The van der Waals surface area contributed by atoms with Crippen LogP contribution in [-0.4, -0.2) is 8.42 Å². The van der Waals surface area contributed by atoms with Gasteiger partial charge in [-0.05, 0) is 48.9 Å². The highest BCUT2D eigenvalue weighted by Crippen LogP contribution is 2.31. The van der Waals surface area contributed by atoms with Gasteiger partial charge >= 0.3 is 0 Å². The van der Waals surface area contributed by atoms with Crippen LogP contribution in [0.15, 0.2) is 45.8 Å². The summed E-state index contributed by atoms with van der Waals surface area (Å²) in [6, 6.07) is 9.63. The zero-order valence-electron chi connectivity index (χ0n) is 10.6. The number of aryl methyl sites for hydroxylation is 1. The van der Waals surface area contributed by atoms with Crippen LogP contribution in [0.25, 0.3) is 0 Å². The van der Waals surface area contributed by atoms with E-state index >= 15 is 0 Å². The van der Waals surface area contributed by atoms with Crippen LogP contribution in [0.1, 0.15) is 5.56 Å². The number of nitrogens with two attached hydrogens (primary N) is 2. The van der Waals surface area contributed by atoms with Crippen LogP contribution in [0.2, 0.25) is 0 Å². The first-order valence-corrected chi connectivity index (χ1v) is 7.97. The van der Waals surface area contributed by atoms with Crippen LogP contribution < -0.4 is 15.6 Å². The van der Waals surface area contributed by atoms with Crippen molar-refractivity contribution in [2.24, 2.45) is 5.14 Å². The van der Waals surface area contributed by atoms with Gasteiger partial charge in [0.1, 0.15) is 16.4 Å². The Hall–Kier alpha value is -1.57. The minimum Gasteiger partial charge on any atom is -0.456 e. The molecule has 0 spiro atoms. The Kier molecular flexibility index (Phi) is 4.03. The number of nitrogen functional groups attached to an aromatic ring is 1. The van der Waals surface area contributed by atoms with Crippen LogP contribution in [0.4, 0.5) is 5.69 Å². The molecule has 0 unspecified atom stereocenters. The Labute approximate surface area is 125 Å². The molecule has 0 fully saturated rings. The molecule has 4 N–H and O–H groups in total. The molecule has 2 aromatic rings. The number of rotatable bonds is 3. The van der Waals surface area contributed by atoms with Gasteiger partial charge in [0.2, 0.25) is 10.0 Å². The van der Waals surface area contributed by atoms with Gasteiger partial charge in [-0.2, -0.15) is 0 Å². The average molecular weight is 357 g/mol. The lowest BCUT2D eigenvalue weighted by molar-refractivity contribution is 0.467. The summed E-state index contributed by atoms with van der Waals surface area (Å²) in [5.74, 6) is 0.656. The minimum absolute atomic E-state index is 0.141. The molecule has 2 aromatic carbocycles. The normalized spacial score (nSPS) is 11.3. The van der Waals surface area contributed by atoms with Crippen LogP contribution >= 0.6 is 15.9 Å². The molecule has 2 rings (SSSR count). The standard InChI is InChI=1S/C13H13BrN2O3S/c1-8-6-10(3-4-11(8)14)19-12-5-2-9(15)7-13(12)20(16,17)18/h2-7H,15H2,1H3,(H2,16,17,18). The second-order valence-electron chi connectivity index (χ2n) is 4.26.